The third-order valence-corrected chi connectivity index (χ3v) is 2.67. The first-order chi connectivity index (χ1) is 7.93. The quantitative estimate of drug-likeness (QED) is 0.675. The summed E-state index contributed by atoms with van der Waals surface area (Å²) in [7, 11) is 0. The van der Waals surface area contributed by atoms with Gasteiger partial charge in [-0.3, -0.25) is 14.5 Å². The van der Waals surface area contributed by atoms with E-state index in [1.165, 1.54) is 18.2 Å². The molecule has 2 amide bonds. The minimum absolute atomic E-state index is 0.101. The molecule has 0 unspecified atom stereocenters. The molecular formula is C12H10NO4-. The van der Waals surface area contributed by atoms with Gasteiger partial charge in [0.2, 0.25) is 0 Å². The molecule has 0 saturated carbocycles. The molecule has 1 aromatic carbocycles. The van der Waals surface area contributed by atoms with E-state index in [0.717, 1.165) is 4.90 Å². The lowest BCUT2D eigenvalue weighted by molar-refractivity contribution is -0.255. The number of carbonyl (C=O) groups excluding carboxylic acids is 3. The monoisotopic (exact) mass is 232 g/mol. The predicted molar refractivity (Wildman–Crippen MR) is 56.4 cm³/mol. The maximum Gasteiger partial charge on any atom is 0.261 e. The van der Waals surface area contributed by atoms with Gasteiger partial charge >= 0.3 is 0 Å². The molecule has 0 aliphatic carbocycles. The summed E-state index contributed by atoms with van der Waals surface area (Å²) in [6.45, 7) is 3.45. The smallest absolute Gasteiger partial charge is 0.261 e. The number of fused-ring (bicyclic) bond motifs is 1. The van der Waals surface area contributed by atoms with Crippen LogP contribution in [0.25, 0.3) is 0 Å². The van der Waals surface area contributed by atoms with Gasteiger partial charge in [-0.2, -0.15) is 0 Å². The van der Waals surface area contributed by atoms with Gasteiger partial charge in [-0.05, 0) is 31.5 Å². The summed E-state index contributed by atoms with van der Waals surface area (Å²) in [5.41, 5.74) is 0.273. The number of carboxylic acid groups (broad SMARTS) is 1. The molecule has 0 aromatic heterocycles. The van der Waals surface area contributed by atoms with Crippen molar-refractivity contribution < 1.29 is 19.5 Å². The Balaban J connectivity index is 2.54. The largest absolute Gasteiger partial charge is 0.545 e. The Morgan fingerprint density at radius 3 is 2.29 bits per heavy atom. The molecule has 1 heterocycles. The number of carbonyl (C=O) groups is 3. The van der Waals surface area contributed by atoms with Crippen LogP contribution in [0.3, 0.4) is 0 Å². The van der Waals surface area contributed by atoms with E-state index >= 15 is 0 Å². The number of hydrogen-bond donors (Lipinski definition) is 0. The van der Waals surface area contributed by atoms with E-state index in [1.807, 2.05) is 0 Å². The molecule has 0 spiro atoms. The zero-order chi connectivity index (χ0) is 12.7. The first-order valence-electron chi connectivity index (χ1n) is 5.16. The van der Waals surface area contributed by atoms with E-state index in [0.29, 0.717) is 0 Å². The maximum atomic E-state index is 11.9. The van der Waals surface area contributed by atoms with E-state index in [9.17, 15) is 19.5 Å². The van der Waals surface area contributed by atoms with Crippen LogP contribution in [0.5, 0.6) is 0 Å². The molecule has 0 radical (unpaired) electrons. The minimum Gasteiger partial charge on any atom is -0.545 e. The highest BCUT2D eigenvalue weighted by atomic mass is 16.4. The first-order valence-corrected chi connectivity index (χ1v) is 5.16. The van der Waals surface area contributed by atoms with Gasteiger partial charge in [0, 0.05) is 6.04 Å². The highest BCUT2D eigenvalue weighted by molar-refractivity contribution is 6.22. The highest BCUT2D eigenvalue weighted by Crippen LogP contribution is 2.25. The summed E-state index contributed by atoms with van der Waals surface area (Å²) in [4.78, 5) is 35.6. The van der Waals surface area contributed by atoms with Gasteiger partial charge in [-0.25, -0.2) is 0 Å². The van der Waals surface area contributed by atoms with E-state index in [-0.39, 0.29) is 28.6 Å². The van der Waals surface area contributed by atoms with Gasteiger partial charge in [-0.1, -0.05) is 6.07 Å². The lowest BCUT2D eigenvalue weighted by Crippen LogP contribution is -2.35. The predicted octanol–water partition coefficient (Wildman–Crippen LogP) is 0.0545. The van der Waals surface area contributed by atoms with Crippen molar-refractivity contribution >= 4 is 17.8 Å². The van der Waals surface area contributed by atoms with E-state index < -0.39 is 11.9 Å². The SMILES string of the molecule is CC(C)N1C(=O)c2ccc(C(=O)[O-])cc2C1=O. The summed E-state index contributed by atoms with van der Waals surface area (Å²) < 4.78 is 0. The average molecular weight is 232 g/mol. The average Bonchev–Trinajstić information content (AvgIpc) is 2.51. The van der Waals surface area contributed by atoms with Gasteiger partial charge in [0.25, 0.3) is 11.8 Å². The van der Waals surface area contributed by atoms with Crippen LogP contribution in [0.15, 0.2) is 18.2 Å². The molecule has 0 fully saturated rings. The van der Waals surface area contributed by atoms with Crippen LogP contribution in [-0.4, -0.2) is 28.7 Å². The van der Waals surface area contributed by atoms with E-state index in [2.05, 4.69) is 0 Å². The molecule has 0 atom stereocenters. The Hall–Kier alpha value is -2.17. The summed E-state index contributed by atoms with van der Waals surface area (Å²) in [6, 6.07) is 3.55. The fourth-order valence-corrected chi connectivity index (χ4v) is 1.86. The zero-order valence-corrected chi connectivity index (χ0v) is 9.39. The normalized spacial score (nSPS) is 14.4. The van der Waals surface area contributed by atoms with Crippen LogP contribution in [0.2, 0.25) is 0 Å². The van der Waals surface area contributed by atoms with Crippen molar-refractivity contribution in [2.24, 2.45) is 0 Å². The number of nitrogens with zero attached hydrogens (tertiary/aromatic N) is 1. The van der Waals surface area contributed by atoms with Crippen molar-refractivity contribution in [1.82, 2.24) is 4.90 Å². The van der Waals surface area contributed by atoms with Crippen molar-refractivity contribution in [3.05, 3.63) is 34.9 Å². The van der Waals surface area contributed by atoms with Crippen molar-refractivity contribution in [2.75, 3.05) is 0 Å². The number of imide groups is 1. The Labute approximate surface area is 97.7 Å². The molecule has 0 saturated heterocycles. The van der Waals surface area contributed by atoms with Gasteiger partial charge in [0.15, 0.2) is 0 Å². The van der Waals surface area contributed by atoms with Crippen LogP contribution in [-0.2, 0) is 0 Å². The standard InChI is InChI=1S/C12H11NO4/c1-6(2)13-10(14)8-4-3-7(12(16)17)5-9(8)11(13)15/h3-6H,1-2H3,(H,16,17)/p-1. The van der Waals surface area contributed by atoms with Crippen LogP contribution in [0.1, 0.15) is 44.9 Å². The molecule has 0 N–H and O–H groups in total. The summed E-state index contributed by atoms with van der Waals surface area (Å²) in [6.07, 6.45) is 0. The molecule has 88 valence electrons. The first kappa shape index (κ1) is 11.3. The lowest BCUT2D eigenvalue weighted by Gasteiger charge is -2.17. The number of hydrogen-bond acceptors (Lipinski definition) is 4. The van der Waals surface area contributed by atoms with Gasteiger partial charge in [0.05, 0.1) is 17.1 Å². The third-order valence-electron chi connectivity index (χ3n) is 2.67. The Bertz CT molecular complexity index is 533. The fraction of sp³-hybridized carbons (Fsp3) is 0.250. The molecule has 17 heavy (non-hydrogen) atoms. The number of benzene rings is 1. The Morgan fingerprint density at radius 1 is 1.18 bits per heavy atom. The second-order valence-electron chi connectivity index (χ2n) is 4.12. The van der Waals surface area contributed by atoms with Crippen LogP contribution in [0.4, 0.5) is 0 Å². The van der Waals surface area contributed by atoms with Gasteiger partial charge in [-0.15, -0.1) is 0 Å². The van der Waals surface area contributed by atoms with E-state index in [1.54, 1.807) is 13.8 Å². The van der Waals surface area contributed by atoms with Gasteiger partial charge < -0.3 is 9.90 Å². The molecular weight excluding hydrogens is 222 g/mol. The minimum atomic E-state index is -1.36. The summed E-state index contributed by atoms with van der Waals surface area (Å²) >= 11 is 0. The van der Waals surface area contributed by atoms with E-state index in [4.69, 9.17) is 0 Å². The molecule has 2 rings (SSSR count). The maximum absolute atomic E-state index is 11.9. The third kappa shape index (κ3) is 1.60. The molecule has 5 heteroatoms. The Kier molecular flexibility index (Phi) is 2.46. The second kappa shape index (κ2) is 3.69. The van der Waals surface area contributed by atoms with Crippen LogP contribution < -0.4 is 5.11 Å². The molecule has 5 nitrogen and oxygen atoms in total. The van der Waals surface area contributed by atoms with Crippen molar-refractivity contribution in [3.63, 3.8) is 0 Å². The van der Waals surface area contributed by atoms with Crippen molar-refractivity contribution in [2.45, 2.75) is 19.9 Å². The molecule has 1 aliphatic heterocycles. The summed E-state index contributed by atoms with van der Waals surface area (Å²) in [5.74, 6) is -2.20. The number of aromatic carboxylic acids is 1. The number of carboxylic acids is 1. The molecule has 1 aromatic rings. The van der Waals surface area contributed by atoms with Gasteiger partial charge in [0.1, 0.15) is 0 Å². The van der Waals surface area contributed by atoms with Crippen LogP contribution in [0, 0.1) is 0 Å². The van der Waals surface area contributed by atoms with Crippen LogP contribution >= 0.6 is 0 Å². The van der Waals surface area contributed by atoms with Crippen molar-refractivity contribution in [3.8, 4) is 0 Å². The molecule has 0 bridgehead atoms. The summed E-state index contributed by atoms with van der Waals surface area (Å²) in [5, 5.41) is 10.7. The number of amides is 2. The lowest BCUT2D eigenvalue weighted by atomic mass is 10.1. The van der Waals surface area contributed by atoms with Crippen molar-refractivity contribution in [1.29, 1.82) is 0 Å². The zero-order valence-electron chi connectivity index (χ0n) is 9.39. The number of rotatable bonds is 2. The second-order valence-corrected chi connectivity index (χ2v) is 4.12. The Morgan fingerprint density at radius 2 is 1.76 bits per heavy atom. The highest BCUT2D eigenvalue weighted by Gasteiger charge is 2.37. The topological polar surface area (TPSA) is 77.5 Å². The molecule has 1 aliphatic rings. The fourth-order valence-electron chi connectivity index (χ4n) is 1.86.